The molecule has 10 rings (SSSR count). The van der Waals surface area contributed by atoms with Crippen molar-refractivity contribution in [1.82, 2.24) is 20.4 Å². The van der Waals surface area contributed by atoms with Gasteiger partial charge in [0.1, 0.15) is 13.2 Å². The van der Waals surface area contributed by atoms with E-state index in [0.717, 1.165) is 9.80 Å². The Bertz CT molecular complexity index is 1970. The summed E-state index contributed by atoms with van der Waals surface area (Å²) in [5.74, 6) is -21.0. The molecule has 6 bridgehead atoms. The molecule has 19 heteroatoms. The third kappa shape index (κ3) is 5.36. The Morgan fingerprint density at radius 1 is 0.574 bits per heavy atom. The molecule has 8 fully saturated rings. The number of hydrogen-bond donors (Lipinski definition) is 2. The van der Waals surface area contributed by atoms with Crippen LogP contribution in [0.4, 0.5) is 35.9 Å². The van der Waals surface area contributed by atoms with Crippen molar-refractivity contribution >= 4 is 35.8 Å². The lowest BCUT2D eigenvalue weighted by atomic mass is 9.46. The molecule has 4 heterocycles. The minimum atomic E-state index is -5.38. The van der Waals surface area contributed by atoms with Crippen LogP contribution in [0.15, 0.2) is 60.7 Å². The van der Waals surface area contributed by atoms with Crippen molar-refractivity contribution in [3.63, 3.8) is 0 Å². The van der Waals surface area contributed by atoms with Gasteiger partial charge in [0.15, 0.2) is 11.2 Å². The largest absolute Gasteiger partial charge is 0.445 e. The van der Waals surface area contributed by atoms with Crippen molar-refractivity contribution in [3.8, 4) is 0 Å². The highest BCUT2D eigenvalue weighted by atomic mass is 19.4. The molecular formula is C42H40F6N4O9. The van der Waals surface area contributed by atoms with E-state index in [1.807, 2.05) is 0 Å². The van der Waals surface area contributed by atoms with E-state index < -0.39 is 130 Å². The van der Waals surface area contributed by atoms with Crippen LogP contribution in [0, 0.1) is 71.0 Å². The highest BCUT2D eigenvalue weighted by Gasteiger charge is 2.97. The molecule has 2 N–H and O–H groups in total. The fourth-order valence-electron chi connectivity index (χ4n) is 13.8. The van der Waals surface area contributed by atoms with Gasteiger partial charge < -0.3 is 24.8 Å². The van der Waals surface area contributed by atoms with Crippen LogP contribution >= 0.6 is 0 Å². The van der Waals surface area contributed by atoms with E-state index in [2.05, 4.69) is 10.6 Å². The number of imide groups is 2. The Kier molecular flexibility index (Phi) is 8.93. The van der Waals surface area contributed by atoms with Crippen LogP contribution in [0.1, 0.15) is 24.0 Å². The molecule has 0 spiro atoms. The van der Waals surface area contributed by atoms with Crippen LogP contribution in [0.2, 0.25) is 0 Å². The van der Waals surface area contributed by atoms with Gasteiger partial charge in [-0.1, -0.05) is 60.7 Å². The van der Waals surface area contributed by atoms with Crippen LogP contribution < -0.4 is 10.6 Å². The maximum absolute atomic E-state index is 16.0. The van der Waals surface area contributed by atoms with Crippen molar-refractivity contribution in [2.45, 2.75) is 49.6 Å². The zero-order chi connectivity index (χ0) is 43.0. The van der Waals surface area contributed by atoms with Crippen LogP contribution in [0.5, 0.6) is 0 Å². The monoisotopic (exact) mass is 858 g/mol. The Morgan fingerprint density at radius 2 is 0.885 bits per heavy atom. The lowest BCUT2D eigenvalue weighted by Crippen LogP contribution is -2.66. The lowest BCUT2D eigenvalue weighted by Gasteiger charge is -2.53. The number of ether oxygens (including phenoxy) is 3. The van der Waals surface area contributed by atoms with Gasteiger partial charge in [0, 0.05) is 49.9 Å². The molecule has 8 aliphatic rings. The number of hydrogen-bond acceptors (Lipinski definition) is 9. The minimum Gasteiger partial charge on any atom is -0.445 e. The number of amides is 6. The number of fused-ring (bicyclic) bond motifs is 22. The summed E-state index contributed by atoms with van der Waals surface area (Å²) in [6.07, 6.45) is -12.9. The highest BCUT2D eigenvalue weighted by molar-refractivity contribution is 6.07. The SMILES string of the molecule is O=C(NCCN1C(=O)C2[C@@H]3C[C@H](C4C3C3(C(F)(F)F)OC4(C(F)(F)F)C4C3[C@@H]3C[C@@H]4[C@H]4C(=O)N(CCNC(=O)OCc5ccccc5)C(=O)C34)[C@@H]2C1=O)OCc1ccccc1. The van der Waals surface area contributed by atoms with Gasteiger partial charge in [0.25, 0.3) is 0 Å². The molecule has 0 radical (unpaired) electrons. The van der Waals surface area contributed by atoms with Crippen LogP contribution in [0.3, 0.4) is 0 Å². The number of rotatable bonds is 10. The van der Waals surface area contributed by atoms with E-state index in [-0.39, 0.29) is 52.2 Å². The van der Waals surface area contributed by atoms with Crippen molar-refractivity contribution < 1.29 is 69.3 Å². The Morgan fingerprint density at radius 3 is 1.18 bits per heavy atom. The zero-order valence-corrected chi connectivity index (χ0v) is 32.2. The molecule has 13 nitrogen and oxygen atoms in total. The van der Waals surface area contributed by atoms with Crippen LogP contribution in [0.25, 0.3) is 0 Å². The van der Waals surface area contributed by atoms with Gasteiger partial charge in [-0.25, -0.2) is 9.59 Å². The number of alkyl halides is 6. The number of alkyl carbamates (subject to hydrolysis) is 2. The number of carbonyl (C=O) groups is 6. The molecule has 6 amide bonds. The summed E-state index contributed by atoms with van der Waals surface area (Å²) in [7, 11) is 0. The van der Waals surface area contributed by atoms with E-state index in [0.29, 0.717) is 11.1 Å². The van der Waals surface area contributed by atoms with E-state index in [1.54, 1.807) is 60.7 Å². The smallest absolute Gasteiger partial charge is 0.418 e. The van der Waals surface area contributed by atoms with Gasteiger partial charge in [0.2, 0.25) is 23.6 Å². The van der Waals surface area contributed by atoms with Gasteiger partial charge in [-0.2, -0.15) is 26.3 Å². The predicted octanol–water partition coefficient (Wildman–Crippen LogP) is 4.45. The molecular weight excluding hydrogens is 818 g/mol. The summed E-state index contributed by atoms with van der Waals surface area (Å²) in [5, 5.41) is 4.87. The second-order valence-electron chi connectivity index (χ2n) is 17.7. The maximum Gasteiger partial charge on any atom is 0.418 e. The molecule has 4 aliphatic heterocycles. The topological polar surface area (TPSA) is 161 Å². The maximum atomic E-state index is 16.0. The van der Waals surface area contributed by atoms with E-state index in [9.17, 15) is 28.8 Å². The average molecular weight is 859 g/mol. The number of likely N-dealkylation sites (tertiary alicyclic amines) is 2. The average Bonchev–Trinajstić information content (AvgIpc) is 4.10. The second kappa shape index (κ2) is 13.6. The summed E-state index contributed by atoms with van der Waals surface area (Å²) < 4.78 is 112. The summed E-state index contributed by atoms with van der Waals surface area (Å²) in [4.78, 5) is 82.1. The van der Waals surface area contributed by atoms with Gasteiger partial charge >= 0.3 is 24.5 Å². The van der Waals surface area contributed by atoms with Crippen molar-refractivity contribution in [2.75, 3.05) is 26.2 Å². The van der Waals surface area contributed by atoms with Crippen molar-refractivity contribution in [2.24, 2.45) is 71.0 Å². The minimum absolute atomic E-state index is 0.0638. The summed E-state index contributed by atoms with van der Waals surface area (Å²) in [6.45, 7) is -1.39. The molecule has 4 saturated carbocycles. The fourth-order valence-corrected chi connectivity index (χ4v) is 13.8. The number of nitrogens with zero attached hydrogens (tertiary/aromatic N) is 2. The first-order chi connectivity index (χ1) is 29.0. The second-order valence-corrected chi connectivity index (χ2v) is 17.7. The zero-order valence-electron chi connectivity index (χ0n) is 32.2. The van der Waals surface area contributed by atoms with Crippen molar-refractivity contribution in [1.29, 1.82) is 0 Å². The lowest BCUT2D eigenvalue weighted by molar-refractivity contribution is -0.329. The Hall–Kier alpha value is -5.20. The first kappa shape index (κ1) is 39.9. The van der Waals surface area contributed by atoms with E-state index >= 15 is 26.3 Å². The Labute approximate surface area is 343 Å². The first-order valence-corrected chi connectivity index (χ1v) is 20.5. The fraction of sp³-hybridized carbons (Fsp3) is 0.571. The quantitative estimate of drug-likeness (QED) is 0.260. The molecule has 2 aromatic rings. The van der Waals surface area contributed by atoms with E-state index in [4.69, 9.17) is 14.2 Å². The number of carbonyl (C=O) groups excluding carboxylic acids is 6. The summed E-state index contributed by atoms with van der Waals surface area (Å²) in [5.41, 5.74) is -5.39. The van der Waals surface area contributed by atoms with Gasteiger partial charge in [-0.05, 0) is 47.6 Å². The summed E-state index contributed by atoms with van der Waals surface area (Å²) in [6, 6.07) is 17.5. The first-order valence-electron chi connectivity index (χ1n) is 20.5. The standard InChI is InChI=1S/C42H40F6N4O9/c43-41(44,45)39-29-21-15-22(26-25(21)33(53)51(34(26)54)13-11-49-37(57)59-17-19-7-3-1-4-8-19)30(29)40(61-39,42(46,47)48)32-24-16-23(31(32)39)27-28(24)36(56)52(35(27)55)14-12-50-38(58)60-18-20-9-5-2-6-10-20/h1-10,21-32H,11-18H2,(H,49,57)(H,50,58)/t21-,22-,23+,24+,25-,26?,27+,28?,29?,30?,31?,32?,39?,40?. The van der Waals surface area contributed by atoms with Crippen LogP contribution in [-0.4, -0.2) is 95.3 Å². The molecule has 14 atom stereocenters. The molecule has 0 aromatic heterocycles. The molecule has 4 saturated heterocycles. The molecule has 324 valence electrons. The predicted molar refractivity (Wildman–Crippen MR) is 192 cm³/mol. The number of nitrogens with one attached hydrogen (secondary N) is 2. The third-order valence-electron chi connectivity index (χ3n) is 15.4. The van der Waals surface area contributed by atoms with E-state index in [1.165, 1.54) is 0 Å². The Balaban J connectivity index is 0.885. The molecule has 8 unspecified atom stereocenters. The summed E-state index contributed by atoms with van der Waals surface area (Å²) >= 11 is 0. The van der Waals surface area contributed by atoms with Gasteiger partial charge in [-0.3, -0.25) is 29.0 Å². The van der Waals surface area contributed by atoms with Gasteiger partial charge in [-0.15, -0.1) is 0 Å². The molecule has 61 heavy (non-hydrogen) atoms. The van der Waals surface area contributed by atoms with Crippen molar-refractivity contribution in [3.05, 3.63) is 71.8 Å². The molecule has 4 aliphatic carbocycles. The van der Waals surface area contributed by atoms with Gasteiger partial charge in [0.05, 0.1) is 23.7 Å². The molecule has 2 aromatic carbocycles. The number of benzene rings is 2. The highest BCUT2D eigenvalue weighted by Crippen LogP contribution is 2.86. The third-order valence-corrected chi connectivity index (χ3v) is 15.4. The number of halogens is 6. The van der Waals surface area contributed by atoms with Crippen LogP contribution in [-0.2, 0) is 46.6 Å². The normalized spacial score (nSPS) is 38.5.